The van der Waals surface area contributed by atoms with Crippen molar-refractivity contribution in [2.24, 2.45) is 0 Å². The number of hydrogen-bond donors (Lipinski definition) is 1. The van der Waals surface area contributed by atoms with E-state index in [4.69, 9.17) is 4.74 Å². The third-order valence-electron chi connectivity index (χ3n) is 3.51. The van der Waals surface area contributed by atoms with E-state index >= 15 is 0 Å². The minimum Gasteiger partial charge on any atom is -0.480 e. The Balaban J connectivity index is 1.75. The summed E-state index contributed by atoms with van der Waals surface area (Å²) >= 11 is 0. The van der Waals surface area contributed by atoms with Gasteiger partial charge in [-0.25, -0.2) is 4.39 Å². The molecule has 0 saturated carbocycles. The number of rotatable bonds is 4. The molecule has 0 radical (unpaired) electrons. The van der Waals surface area contributed by atoms with E-state index in [1.165, 1.54) is 12.1 Å². The molecule has 0 unspecified atom stereocenters. The third-order valence-corrected chi connectivity index (χ3v) is 3.51. The van der Waals surface area contributed by atoms with Gasteiger partial charge in [-0.15, -0.1) is 0 Å². The first-order valence-electron chi connectivity index (χ1n) is 7.34. The van der Waals surface area contributed by atoms with Gasteiger partial charge in [-0.3, -0.25) is 4.79 Å². The van der Waals surface area contributed by atoms with Crippen molar-refractivity contribution in [2.75, 3.05) is 5.32 Å². The summed E-state index contributed by atoms with van der Waals surface area (Å²) in [6.07, 6.45) is -0.705. The molecule has 4 heteroatoms. The molecule has 3 rings (SSSR count). The van der Waals surface area contributed by atoms with Crippen molar-refractivity contribution in [3.8, 4) is 5.75 Å². The van der Waals surface area contributed by atoms with Gasteiger partial charge in [0.25, 0.3) is 5.91 Å². The quantitative estimate of drug-likeness (QED) is 0.776. The molecular formula is C19H16FNO2. The molecule has 0 heterocycles. The van der Waals surface area contributed by atoms with E-state index in [0.717, 1.165) is 10.8 Å². The van der Waals surface area contributed by atoms with Gasteiger partial charge in [0.15, 0.2) is 6.10 Å². The molecule has 1 N–H and O–H groups in total. The van der Waals surface area contributed by atoms with Crippen LogP contribution in [-0.2, 0) is 4.79 Å². The van der Waals surface area contributed by atoms with Gasteiger partial charge in [0.2, 0.25) is 0 Å². The van der Waals surface area contributed by atoms with Crippen molar-refractivity contribution < 1.29 is 13.9 Å². The second kappa shape index (κ2) is 6.48. The lowest BCUT2D eigenvalue weighted by Crippen LogP contribution is -2.30. The van der Waals surface area contributed by atoms with Crippen LogP contribution in [0.2, 0.25) is 0 Å². The Morgan fingerprint density at radius 3 is 2.61 bits per heavy atom. The van der Waals surface area contributed by atoms with Crippen LogP contribution in [0, 0.1) is 5.82 Å². The van der Waals surface area contributed by atoms with Crippen molar-refractivity contribution in [2.45, 2.75) is 13.0 Å². The Bertz CT molecular complexity index is 842. The molecule has 3 nitrogen and oxygen atoms in total. The van der Waals surface area contributed by atoms with E-state index in [0.29, 0.717) is 11.4 Å². The summed E-state index contributed by atoms with van der Waals surface area (Å²) < 4.78 is 18.9. The first-order valence-corrected chi connectivity index (χ1v) is 7.34. The van der Waals surface area contributed by atoms with Crippen LogP contribution in [0.25, 0.3) is 10.8 Å². The fourth-order valence-electron chi connectivity index (χ4n) is 2.35. The average Bonchev–Trinajstić information content (AvgIpc) is 2.55. The fourth-order valence-corrected chi connectivity index (χ4v) is 2.35. The highest BCUT2D eigenvalue weighted by Crippen LogP contribution is 2.26. The number of hydrogen-bond acceptors (Lipinski definition) is 2. The second-order valence-corrected chi connectivity index (χ2v) is 5.24. The Kier molecular flexibility index (Phi) is 4.24. The lowest BCUT2D eigenvalue weighted by Gasteiger charge is -2.16. The van der Waals surface area contributed by atoms with Gasteiger partial charge < -0.3 is 10.1 Å². The molecule has 0 fully saturated rings. The number of amides is 1. The van der Waals surface area contributed by atoms with Crippen LogP contribution >= 0.6 is 0 Å². The third kappa shape index (κ3) is 3.48. The zero-order valence-electron chi connectivity index (χ0n) is 12.6. The topological polar surface area (TPSA) is 38.3 Å². The summed E-state index contributed by atoms with van der Waals surface area (Å²) in [6.45, 7) is 1.66. The monoisotopic (exact) mass is 309 g/mol. The van der Waals surface area contributed by atoms with Gasteiger partial charge in [0.1, 0.15) is 11.6 Å². The van der Waals surface area contributed by atoms with E-state index in [1.807, 2.05) is 42.5 Å². The number of carbonyl (C=O) groups excluding carboxylic acids is 1. The molecular weight excluding hydrogens is 293 g/mol. The minimum atomic E-state index is -0.705. The van der Waals surface area contributed by atoms with Gasteiger partial charge >= 0.3 is 0 Å². The smallest absolute Gasteiger partial charge is 0.265 e. The molecule has 1 atom stereocenters. The minimum absolute atomic E-state index is 0.330. The Morgan fingerprint density at radius 2 is 1.78 bits per heavy atom. The predicted octanol–water partition coefficient (Wildman–Crippen LogP) is 4.38. The molecule has 0 bridgehead atoms. The SMILES string of the molecule is C[C@H](Oc1cccc2ccccc12)C(=O)Nc1cccc(F)c1. The van der Waals surface area contributed by atoms with Crippen LogP contribution < -0.4 is 10.1 Å². The maximum Gasteiger partial charge on any atom is 0.265 e. The lowest BCUT2D eigenvalue weighted by molar-refractivity contribution is -0.122. The number of benzene rings is 3. The first-order chi connectivity index (χ1) is 11.1. The summed E-state index contributed by atoms with van der Waals surface area (Å²) in [4.78, 5) is 12.2. The highest BCUT2D eigenvalue weighted by molar-refractivity contribution is 5.95. The van der Waals surface area contributed by atoms with Gasteiger partial charge in [0.05, 0.1) is 0 Å². The van der Waals surface area contributed by atoms with E-state index in [-0.39, 0.29) is 5.91 Å². The average molecular weight is 309 g/mol. The van der Waals surface area contributed by atoms with E-state index < -0.39 is 11.9 Å². The van der Waals surface area contributed by atoms with E-state index in [9.17, 15) is 9.18 Å². The molecule has 3 aromatic carbocycles. The molecule has 1 amide bonds. The standard InChI is InChI=1S/C19H16FNO2/c1-13(19(22)21-16-9-5-8-15(20)12-16)23-18-11-4-7-14-6-2-3-10-17(14)18/h2-13H,1H3,(H,21,22)/t13-/m0/s1. The number of carbonyl (C=O) groups is 1. The zero-order valence-corrected chi connectivity index (χ0v) is 12.6. The largest absolute Gasteiger partial charge is 0.480 e. The molecule has 0 aliphatic carbocycles. The van der Waals surface area contributed by atoms with Gasteiger partial charge in [-0.05, 0) is 36.6 Å². The van der Waals surface area contributed by atoms with Gasteiger partial charge in [0, 0.05) is 11.1 Å². The van der Waals surface area contributed by atoms with Crippen LogP contribution in [0.4, 0.5) is 10.1 Å². The second-order valence-electron chi connectivity index (χ2n) is 5.24. The molecule has 0 aliphatic heterocycles. The van der Waals surface area contributed by atoms with Crippen LogP contribution in [0.15, 0.2) is 66.7 Å². The Hall–Kier alpha value is -2.88. The molecule has 0 aromatic heterocycles. The van der Waals surface area contributed by atoms with Gasteiger partial charge in [-0.2, -0.15) is 0 Å². The molecule has 0 saturated heterocycles. The summed E-state index contributed by atoms with van der Waals surface area (Å²) in [5.41, 5.74) is 0.406. The van der Waals surface area contributed by atoms with Gasteiger partial charge in [-0.1, -0.05) is 42.5 Å². The van der Waals surface area contributed by atoms with Crippen LogP contribution in [-0.4, -0.2) is 12.0 Å². The number of nitrogens with one attached hydrogen (secondary N) is 1. The number of anilines is 1. The van der Waals surface area contributed by atoms with Crippen molar-refractivity contribution in [3.05, 3.63) is 72.5 Å². The zero-order chi connectivity index (χ0) is 16.2. The predicted molar refractivity (Wildman–Crippen MR) is 89.1 cm³/mol. The summed E-state index contributed by atoms with van der Waals surface area (Å²) in [7, 11) is 0. The maximum atomic E-state index is 13.2. The highest BCUT2D eigenvalue weighted by atomic mass is 19.1. The van der Waals surface area contributed by atoms with E-state index in [1.54, 1.807) is 19.1 Å². The van der Waals surface area contributed by atoms with Crippen LogP contribution in [0.5, 0.6) is 5.75 Å². The molecule has 116 valence electrons. The fraction of sp³-hybridized carbons (Fsp3) is 0.105. The van der Waals surface area contributed by atoms with Crippen LogP contribution in [0.3, 0.4) is 0 Å². The van der Waals surface area contributed by atoms with Crippen molar-refractivity contribution in [1.82, 2.24) is 0 Å². The number of fused-ring (bicyclic) bond motifs is 1. The summed E-state index contributed by atoms with van der Waals surface area (Å²) in [6, 6.07) is 19.3. The van der Waals surface area contributed by atoms with Crippen molar-refractivity contribution in [3.63, 3.8) is 0 Å². The Labute approximate surface area is 133 Å². The highest BCUT2D eigenvalue weighted by Gasteiger charge is 2.16. The molecule has 0 spiro atoms. The molecule has 3 aromatic rings. The number of ether oxygens (including phenoxy) is 1. The summed E-state index contributed by atoms with van der Waals surface area (Å²) in [5, 5.41) is 4.64. The van der Waals surface area contributed by atoms with E-state index in [2.05, 4.69) is 5.32 Å². The maximum absolute atomic E-state index is 13.2. The first kappa shape index (κ1) is 15.0. The number of halogens is 1. The molecule has 0 aliphatic rings. The normalized spacial score (nSPS) is 11.9. The lowest BCUT2D eigenvalue weighted by atomic mass is 10.1. The van der Waals surface area contributed by atoms with Crippen molar-refractivity contribution >= 4 is 22.4 Å². The van der Waals surface area contributed by atoms with Crippen molar-refractivity contribution in [1.29, 1.82) is 0 Å². The summed E-state index contributed by atoms with van der Waals surface area (Å²) in [5.74, 6) is -0.0843. The van der Waals surface area contributed by atoms with Crippen LogP contribution in [0.1, 0.15) is 6.92 Å². The Morgan fingerprint density at radius 1 is 1.04 bits per heavy atom. The molecule has 23 heavy (non-hydrogen) atoms.